The fraction of sp³-hybridized carbons (Fsp3) is 0.250. The molecule has 0 amide bonds. The number of nitrogens with one attached hydrogen (secondary N) is 1. The third-order valence-corrected chi connectivity index (χ3v) is 4.24. The normalized spacial score (nSPS) is 8.75. The Morgan fingerprint density at radius 2 is 1.66 bits per heavy atom. The standard InChI is InChI=1S/C19H16ClFN2O.C2H6.CH5N.2CH2O/c1-3-12-8-9-15(20)14(10-12)18(24)17-11(2)22-19(23-17)13-6-4-5-7-16(13)21;4*1-2/h4-10H,3H2,1-2H3,(H,22,23);1-2H3;2H2,1H3;2*1H2. The molecule has 0 aliphatic carbocycles. The highest BCUT2D eigenvalue weighted by Gasteiger charge is 2.21. The van der Waals surface area contributed by atoms with Gasteiger partial charge in [-0.25, -0.2) is 9.37 Å². The van der Waals surface area contributed by atoms with Gasteiger partial charge in [-0.3, -0.25) is 4.79 Å². The van der Waals surface area contributed by atoms with Crippen molar-refractivity contribution >= 4 is 31.0 Å². The van der Waals surface area contributed by atoms with Crippen molar-refractivity contribution in [1.29, 1.82) is 0 Å². The van der Waals surface area contributed by atoms with Gasteiger partial charge in [0.15, 0.2) is 0 Å². The Labute approximate surface area is 194 Å². The molecule has 0 spiro atoms. The molecule has 8 heteroatoms. The number of benzene rings is 2. The first-order valence-corrected chi connectivity index (χ1v) is 10.2. The summed E-state index contributed by atoms with van der Waals surface area (Å²) in [4.78, 5) is 36.1. The number of imidazole rings is 1. The number of aryl methyl sites for hydroxylation is 2. The predicted molar refractivity (Wildman–Crippen MR) is 129 cm³/mol. The maximum atomic E-state index is 13.9. The summed E-state index contributed by atoms with van der Waals surface area (Å²) in [5, 5.41) is 0.382. The van der Waals surface area contributed by atoms with Gasteiger partial charge in [0.25, 0.3) is 0 Å². The Kier molecular flexibility index (Phi) is 17.0. The van der Waals surface area contributed by atoms with Crippen LogP contribution in [0.3, 0.4) is 0 Å². The summed E-state index contributed by atoms with van der Waals surface area (Å²) in [5.41, 5.74) is 7.09. The van der Waals surface area contributed by atoms with Crippen LogP contribution in [0.1, 0.15) is 48.1 Å². The predicted octanol–water partition coefficient (Wildman–Crippen LogP) is 5.20. The van der Waals surface area contributed by atoms with Gasteiger partial charge < -0.3 is 20.3 Å². The molecular formula is C24H31ClFN3O3. The molecule has 0 saturated heterocycles. The first-order chi connectivity index (χ1) is 15.5. The van der Waals surface area contributed by atoms with Crippen molar-refractivity contribution < 1.29 is 18.8 Å². The molecule has 3 aromatic rings. The number of hydrogen-bond donors (Lipinski definition) is 2. The molecule has 0 fully saturated rings. The third kappa shape index (κ3) is 8.17. The summed E-state index contributed by atoms with van der Waals surface area (Å²) in [6.07, 6.45) is 0.803. The van der Waals surface area contributed by atoms with Gasteiger partial charge in [0.1, 0.15) is 30.9 Å². The van der Waals surface area contributed by atoms with E-state index in [9.17, 15) is 9.18 Å². The Balaban J connectivity index is 0. The van der Waals surface area contributed by atoms with E-state index in [1.165, 1.54) is 13.1 Å². The molecule has 1 aromatic heterocycles. The van der Waals surface area contributed by atoms with Gasteiger partial charge in [-0.2, -0.15) is 0 Å². The highest BCUT2D eigenvalue weighted by molar-refractivity contribution is 6.35. The van der Waals surface area contributed by atoms with Crippen molar-refractivity contribution in [3.63, 3.8) is 0 Å². The monoisotopic (exact) mass is 463 g/mol. The maximum Gasteiger partial charge on any atom is 0.214 e. The number of H-pyrrole nitrogens is 1. The minimum Gasteiger partial charge on any atom is -0.341 e. The highest BCUT2D eigenvalue weighted by atomic mass is 35.5. The Hall–Kier alpha value is -3.16. The quantitative estimate of drug-likeness (QED) is 0.517. The fourth-order valence-corrected chi connectivity index (χ4v) is 2.76. The Morgan fingerprint density at radius 3 is 2.19 bits per heavy atom. The molecule has 0 saturated carbocycles. The molecule has 0 aliphatic rings. The number of aromatic nitrogens is 2. The molecular weight excluding hydrogens is 433 g/mol. The van der Waals surface area contributed by atoms with E-state index < -0.39 is 5.82 Å². The van der Waals surface area contributed by atoms with Crippen LogP contribution in [-0.2, 0) is 16.0 Å². The van der Waals surface area contributed by atoms with Crippen LogP contribution in [0.4, 0.5) is 4.39 Å². The molecule has 3 N–H and O–H groups in total. The number of nitrogens with zero attached hydrogens (tertiary/aromatic N) is 1. The van der Waals surface area contributed by atoms with Gasteiger partial charge in [-0.1, -0.05) is 50.6 Å². The lowest BCUT2D eigenvalue weighted by atomic mass is 10.0. The van der Waals surface area contributed by atoms with Crippen molar-refractivity contribution in [2.45, 2.75) is 34.1 Å². The number of carbonyl (C=O) groups excluding carboxylic acids is 3. The van der Waals surface area contributed by atoms with Crippen LogP contribution >= 0.6 is 11.6 Å². The summed E-state index contributed by atoms with van der Waals surface area (Å²) in [6.45, 7) is 11.7. The van der Waals surface area contributed by atoms with Gasteiger partial charge in [-0.05, 0) is 50.2 Å². The summed E-state index contributed by atoms with van der Waals surface area (Å²) in [6, 6.07) is 11.7. The molecule has 32 heavy (non-hydrogen) atoms. The smallest absolute Gasteiger partial charge is 0.214 e. The molecule has 174 valence electrons. The molecule has 0 unspecified atom stereocenters. The van der Waals surface area contributed by atoms with E-state index in [4.69, 9.17) is 21.2 Å². The molecule has 2 aromatic carbocycles. The minimum absolute atomic E-state index is 0.253. The molecule has 0 radical (unpaired) electrons. The van der Waals surface area contributed by atoms with Gasteiger partial charge in [0.05, 0.1) is 10.6 Å². The molecule has 0 aliphatic heterocycles. The van der Waals surface area contributed by atoms with E-state index in [1.54, 1.807) is 37.3 Å². The number of halogens is 2. The SMILES string of the molecule is C=O.C=O.CC.CCc1ccc(Cl)c(C(=O)c2nc(-c3ccccc3F)[nH]c2C)c1.CN. The lowest BCUT2D eigenvalue weighted by molar-refractivity contribution is -0.0987. The lowest BCUT2D eigenvalue weighted by Crippen LogP contribution is -2.05. The van der Waals surface area contributed by atoms with Crippen molar-refractivity contribution in [1.82, 2.24) is 9.97 Å². The van der Waals surface area contributed by atoms with Crippen LogP contribution in [0.15, 0.2) is 42.5 Å². The van der Waals surface area contributed by atoms with Crippen LogP contribution in [0, 0.1) is 12.7 Å². The van der Waals surface area contributed by atoms with Gasteiger partial charge in [0, 0.05) is 11.3 Å². The van der Waals surface area contributed by atoms with E-state index in [-0.39, 0.29) is 11.5 Å². The van der Waals surface area contributed by atoms with E-state index >= 15 is 0 Å². The van der Waals surface area contributed by atoms with Crippen LogP contribution in [0.2, 0.25) is 5.02 Å². The summed E-state index contributed by atoms with van der Waals surface area (Å²) < 4.78 is 13.9. The zero-order valence-corrected chi connectivity index (χ0v) is 19.9. The topological polar surface area (TPSA) is 106 Å². The molecule has 6 nitrogen and oxygen atoms in total. The fourth-order valence-electron chi connectivity index (χ4n) is 2.56. The van der Waals surface area contributed by atoms with Gasteiger partial charge in [0.2, 0.25) is 5.78 Å². The number of ketones is 1. The Bertz CT molecular complexity index is 959. The zero-order chi connectivity index (χ0) is 25.3. The van der Waals surface area contributed by atoms with E-state index in [1.807, 2.05) is 40.4 Å². The lowest BCUT2D eigenvalue weighted by Gasteiger charge is -2.05. The third-order valence-electron chi connectivity index (χ3n) is 3.91. The number of nitrogens with two attached hydrogens (primary N) is 1. The van der Waals surface area contributed by atoms with Crippen molar-refractivity contribution in [2.75, 3.05) is 7.05 Å². The second kappa shape index (κ2) is 17.5. The number of aromatic amines is 1. The first kappa shape index (κ1) is 31.0. The van der Waals surface area contributed by atoms with Crippen LogP contribution in [0.5, 0.6) is 0 Å². The Morgan fingerprint density at radius 1 is 1.09 bits per heavy atom. The zero-order valence-electron chi connectivity index (χ0n) is 19.2. The molecule has 0 atom stereocenters. The second-order valence-electron chi connectivity index (χ2n) is 5.54. The van der Waals surface area contributed by atoms with E-state index in [0.29, 0.717) is 27.7 Å². The molecule has 1 heterocycles. The second-order valence-corrected chi connectivity index (χ2v) is 5.94. The largest absolute Gasteiger partial charge is 0.341 e. The number of hydrogen-bond acceptors (Lipinski definition) is 5. The number of rotatable bonds is 4. The minimum atomic E-state index is -0.392. The first-order valence-electron chi connectivity index (χ1n) is 9.81. The highest BCUT2D eigenvalue weighted by Crippen LogP contribution is 2.25. The van der Waals surface area contributed by atoms with Crippen LogP contribution in [-0.4, -0.2) is 36.4 Å². The average molecular weight is 464 g/mol. The number of carbonyl (C=O) groups is 3. The average Bonchev–Trinajstić information content (AvgIpc) is 3.25. The molecule has 0 bridgehead atoms. The maximum absolute atomic E-state index is 13.9. The van der Waals surface area contributed by atoms with Gasteiger partial charge >= 0.3 is 0 Å². The van der Waals surface area contributed by atoms with Crippen molar-refractivity contribution in [3.05, 3.63) is 75.8 Å². The van der Waals surface area contributed by atoms with Crippen molar-refractivity contribution in [3.8, 4) is 11.4 Å². The summed E-state index contributed by atoms with van der Waals surface area (Å²) >= 11 is 6.18. The molecule has 3 rings (SSSR count). The van der Waals surface area contributed by atoms with E-state index in [0.717, 1.165) is 12.0 Å². The van der Waals surface area contributed by atoms with Crippen LogP contribution < -0.4 is 5.73 Å². The van der Waals surface area contributed by atoms with E-state index in [2.05, 4.69) is 15.7 Å². The summed E-state index contributed by atoms with van der Waals surface area (Å²) in [5.74, 6) is -0.334. The summed E-state index contributed by atoms with van der Waals surface area (Å²) in [7, 11) is 1.50. The van der Waals surface area contributed by atoms with Gasteiger partial charge in [-0.15, -0.1) is 0 Å². The van der Waals surface area contributed by atoms with Crippen LogP contribution in [0.25, 0.3) is 11.4 Å². The van der Waals surface area contributed by atoms with Crippen molar-refractivity contribution in [2.24, 2.45) is 5.73 Å².